The second-order valence-corrected chi connectivity index (χ2v) is 20.0. The molecule has 1 nitrogen and oxygen atoms in total. The molecule has 0 saturated carbocycles. The highest BCUT2D eigenvalue weighted by Crippen LogP contribution is 2.32. The van der Waals surface area contributed by atoms with Crippen molar-refractivity contribution in [3.05, 3.63) is 84.6 Å². The Kier molecular flexibility index (Phi) is 4.88. The summed E-state index contributed by atoms with van der Waals surface area (Å²) in [6.45, 7) is 14.3. The quantitative estimate of drug-likeness (QED) is 0.346. The lowest BCUT2D eigenvalue weighted by molar-refractivity contribution is 1.34. The highest BCUT2D eigenvalue weighted by molar-refractivity contribution is 7.03. The van der Waals surface area contributed by atoms with Gasteiger partial charge in [0.05, 0.1) is 13.8 Å². The molecule has 0 unspecified atom stereocenters. The van der Waals surface area contributed by atoms with Gasteiger partial charge in [-0.3, -0.25) is 4.98 Å². The number of aryl methyl sites for hydroxylation is 1. The summed E-state index contributed by atoms with van der Waals surface area (Å²) in [5.74, 6) is 0. The van der Waals surface area contributed by atoms with Crippen molar-refractivity contribution >= 4 is 31.7 Å². The van der Waals surface area contributed by atoms with Crippen LogP contribution in [0.15, 0.2) is 79.0 Å². The van der Waals surface area contributed by atoms with Crippen molar-refractivity contribution in [1.29, 1.82) is 0 Å². The summed E-state index contributed by atoms with van der Waals surface area (Å²) in [6, 6.07) is 27.3. The molecule has 32 heavy (non-hydrogen) atoms. The molecule has 0 N–H and O–H groups in total. The predicted octanol–water partition coefficient (Wildman–Crippen LogP) is 6.07. The first kappa shape index (κ1) is 21.1. The molecule has 3 aromatic carbocycles. The summed E-state index contributed by atoms with van der Waals surface area (Å²) >= 11 is 0. The lowest BCUT2D eigenvalue weighted by Crippen LogP contribution is -2.49. The first-order chi connectivity index (χ1) is 15.2. The van der Waals surface area contributed by atoms with E-state index in [-0.39, 0.29) is 0 Å². The second kappa shape index (κ2) is 7.39. The zero-order valence-electron chi connectivity index (χ0n) is 20.0. The number of hydrogen-bond donors (Lipinski definition) is 0. The van der Waals surface area contributed by atoms with Crippen molar-refractivity contribution in [3.8, 4) is 33.5 Å². The fourth-order valence-corrected chi connectivity index (χ4v) is 9.61. The number of rotatable bonds is 3. The molecule has 0 spiro atoms. The number of aromatic nitrogens is 1. The Morgan fingerprint density at radius 3 is 2.06 bits per heavy atom. The Balaban J connectivity index is 1.68. The van der Waals surface area contributed by atoms with Crippen LogP contribution in [-0.2, 0) is 0 Å². The average Bonchev–Trinajstić information content (AvgIpc) is 3.00. The number of fused-ring (bicyclic) bond motifs is 3. The third-order valence-corrected chi connectivity index (χ3v) is 12.5. The van der Waals surface area contributed by atoms with Crippen LogP contribution in [0, 0.1) is 6.92 Å². The summed E-state index contributed by atoms with van der Waals surface area (Å²) in [4.78, 5) is 4.98. The fourth-order valence-electron chi connectivity index (χ4n) is 5.06. The molecule has 4 aromatic rings. The van der Waals surface area contributed by atoms with Crippen LogP contribution in [0.2, 0.25) is 32.7 Å². The van der Waals surface area contributed by atoms with E-state index in [9.17, 15) is 0 Å². The summed E-state index contributed by atoms with van der Waals surface area (Å²) in [5.41, 5.74) is 9.01. The van der Waals surface area contributed by atoms with Crippen LogP contribution in [0.25, 0.3) is 33.5 Å². The highest BCUT2D eigenvalue weighted by atomic mass is 28.3. The van der Waals surface area contributed by atoms with Gasteiger partial charge in [-0.05, 0) is 56.9 Å². The number of nitrogens with zero attached hydrogens (tertiary/aromatic N) is 1. The van der Waals surface area contributed by atoms with Gasteiger partial charge in [0.15, 0.2) is 0 Å². The largest absolute Gasteiger partial charge is 0.256 e. The fraction of sp³-hybridized carbons (Fsp3) is 0.207. The maximum atomic E-state index is 4.98. The predicted molar refractivity (Wildman–Crippen MR) is 145 cm³/mol. The van der Waals surface area contributed by atoms with Gasteiger partial charge in [-0.25, -0.2) is 0 Å². The first-order valence-corrected chi connectivity index (χ1v) is 18.0. The van der Waals surface area contributed by atoms with E-state index in [1.54, 1.807) is 10.4 Å². The van der Waals surface area contributed by atoms with E-state index in [1.807, 2.05) is 0 Å². The zero-order chi connectivity index (χ0) is 22.7. The minimum absolute atomic E-state index is 1.06. The van der Waals surface area contributed by atoms with Crippen molar-refractivity contribution in [1.82, 2.24) is 4.98 Å². The third-order valence-electron chi connectivity index (χ3n) is 6.95. The van der Waals surface area contributed by atoms with Gasteiger partial charge in [0, 0.05) is 11.8 Å². The van der Waals surface area contributed by atoms with Gasteiger partial charge in [-0.15, -0.1) is 0 Å². The lowest BCUT2D eigenvalue weighted by atomic mass is 9.99. The maximum absolute atomic E-state index is 4.98. The van der Waals surface area contributed by atoms with Crippen molar-refractivity contribution in [2.75, 3.05) is 0 Å². The average molecular weight is 450 g/mol. The van der Waals surface area contributed by atoms with Gasteiger partial charge in [-0.1, -0.05) is 99.0 Å². The summed E-state index contributed by atoms with van der Waals surface area (Å²) in [5, 5.41) is 4.51. The molecular formula is C29H31NSi2. The topological polar surface area (TPSA) is 12.9 Å². The lowest BCUT2D eigenvalue weighted by Gasteiger charge is -2.22. The Hall–Kier alpha value is -2.76. The zero-order valence-corrected chi connectivity index (χ0v) is 22.0. The van der Waals surface area contributed by atoms with Gasteiger partial charge >= 0.3 is 0 Å². The van der Waals surface area contributed by atoms with Crippen LogP contribution in [0.3, 0.4) is 0 Å². The van der Waals surface area contributed by atoms with Gasteiger partial charge in [0.1, 0.15) is 8.07 Å². The summed E-state index contributed by atoms with van der Waals surface area (Å²) in [6.07, 6.45) is 2.15. The van der Waals surface area contributed by atoms with E-state index in [2.05, 4.69) is 119 Å². The van der Waals surface area contributed by atoms with Crippen molar-refractivity contribution in [2.45, 2.75) is 39.7 Å². The van der Waals surface area contributed by atoms with Crippen molar-refractivity contribution in [3.63, 3.8) is 0 Å². The van der Waals surface area contributed by atoms with E-state index >= 15 is 0 Å². The van der Waals surface area contributed by atoms with Crippen LogP contribution in [0.1, 0.15) is 5.56 Å². The van der Waals surface area contributed by atoms with Crippen LogP contribution in [-0.4, -0.2) is 21.1 Å². The normalized spacial score (nSPS) is 14.2. The number of benzene rings is 3. The second-order valence-electron chi connectivity index (χ2n) is 10.7. The molecule has 0 atom stereocenters. The molecule has 0 fully saturated rings. The molecule has 3 heteroatoms. The smallest absolute Gasteiger partial charge is 0.113 e. The molecule has 5 rings (SSSR count). The van der Waals surface area contributed by atoms with Gasteiger partial charge in [-0.2, -0.15) is 0 Å². The first-order valence-electron chi connectivity index (χ1n) is 11.5. The Labute approximate surface area is 194 Å². The highest BCUT2D eigenvalue weighted by Gasteiger charge is 2.37. The maximum Gasteiger partial charge on any atom is 0.113 e. The van der Waals surface area contributed by atoms with Crippen LogP contribution < -0.4 is 15.6 Å². The van der Waals surface area contributed by atoms with Gasteiger partial charge in [0.25, 0.3) is 0 Å². The molecule has 1 aliphatic rings. The van der Waals surface area contributed by atoms with E-state index in [1.165, 1.54) is 38.6 Å². The molecule has 0 bridgehead atoms. The van der Waals surface area contributed by atoms with E-state index in [4.69, 9.17) is 4.98 Å². The van der Waals surface area contributed by atoms with Crippen LogP contribution in [0.4, 0.5) is 0 Å². The Morgan fingerprint density at radius 2 is 1.34 bits per heavy atom. The van der Waals surface area contributed by atoms with E-state index in [0.717, 1.165) is 5.69 Å². The summed E-state index contributed by atoms with van der Waals surface area (Å²) < 4.78 is 0. The van der Waals surface area contributed by atoms with E-state index in [0.29, 0.717) is 0 Å². The van der Waals surface area contributed by atoms with Gasteiger partial charge in [0.2, 0.25) is 0 Å². The molecule has 1 aliphatic heterocycles. The SMILES string of the molecule is Cc1ccc(-c2cc(-c3ccc4c(c3)-c3ccccc3[Si]4(C)C)ncc2[Si](C)(C)C)cc1. The summed E-state index contributed by atoms with van der Waals surface area (Å²) in [7, 11) is -3.16. The third kappa shape index (κ3) is 3.40. The number of pyridine rings is 1. The van der Waals surface area contributed by atoms with E-state index < -0.39 is 16.1 Å². The standard InChI is InChI=1S/C29H31NSi2/c1-20-11-13-21(14-12-20)24-18-26(30-19-29(24)31(2,3)4)22-15-16-28-25(17-22)23-9-7-8-10-27(23)32(28,5)6/h7-19H,1-6H3. The molecule has 0 aliphatic carbocycles. The molecule has 2 heterocycles. The number of hydrogen-bond acceptors (Lipinski definition) is 1. The molecular weight excluding hydrogens is 418 g/mol. The Morgan fingerprint density at radius 1 is 0.688 bits per heavy atom. The molecule has 1 aromatic heterocycles. The van der Waals surface area contributed by atoms with Crippen LogP contribution in [0.5, 0.6) is 0 Å². The molecule has 0 amide bonds. The monoisotopic (exact) mass is 449 g/mol. The van der Waals surface area contributed by atoms with Gasteiger partial charge < -0.3 is 0 Å². The minimum atomic E-state index is -1.62. The molecule has 160 valence electrons. The molecule has 0 radical (unpaired) electrons. The van der Waals surface area contributed by atoms with Crippen molar-refractivity contribution in [2.24, 2.45) is 0 Å². The van der Waals surface area contributed by atoms with Crippen LogP contribution >= 0.6 is 0 Å². The van der Waals surface area contributed by atoms with Crippen molar-refractivity contribution < 1.29 is 0 Å². The Bertz CT molecular complexity index is 1330. The molecule has 0 saturated heterocycles. The minimum Gasteiger partial charge on any atom is -0.256 e.